The van der Waals surface area contributed by atoms with Crippen molar-refractivity contribution in [2.24, 2.45) is 5.92 Å². The molecular weight excluding hydrogens is 350 g/mol. The van der Waals surface area contributed by atoms with Gasteiger partial charge in [-0.25, -0.2) is 0 Å². The minimum Gasteiger partial charge on any atom is -0.490 e. The van der Waals surface area contributed by atoms with Crippen LogP contribution in [0.15, 0.2) is 48.8 Å². The van der Waals surface area contributed by atoms with Gasteiger partial charge in [0.1, 0.15) is 0 Å². The first-order valence-corrected chi connectivity index (χ1v) is 10.3. The van der Waals surface area contributed by atoms with E-state index in [1.165, 1.54) is 12.8 Å². The third-order valence-electron chi connectivity index (χ3n) is 6.23. The molecule has 1 aromatic heterocycles. The number of nitrogens with one attached hydrogen (secondary N) is 1. The fourth-order valence-electron chi connectivity index (χ4n) is 4.68. The average Bonchev–Trinajstić information content (AvgIpc) is 3.19. The van der Waals surface area contributed by atoms with E-state index < -0.39 is 0 Å². The number of ether oxygens (including phenoxy) is 2. The zero-order valence-electron chi connectivity index (χ0n) is 16.5. The van der Waals surface area contributed by atoms with Crippen molar-refractivity contribution in [3.05, 3.63) is 59.9 Å². The largest absolute Gasteiger partial charge is 0.490 e. The molecule has 3 aliphatic rings. The quantitative estimate of drug-likeness (QED) is 0.841. The maximum atomic E-state index is 6.78. The van der Waals surface area contributed by atoms with Crippen molar-refractivity contribution in [1.29, 1.82) is 0 Å². The number of benzene rings is 1. The van der Waals surface area contributed by atoms with Crippen molar-refractivity contribution in [1.82, 2.24) is 15.4 Å². The third kappa shape index (κ3) is 2.76. The summed E-state index contributed by atoms with van der Waals surface area (Å²) < 4.78 is 12.7. The van der Waals surface area contributed by atoms with Gasteiger partial charge in [0.05, 0.1) is 18.3 Å². The minimum absolute atomic E-state index is 0.118. The first-order valence-electron chi connectivity index (χ1n) is 10.3. The highest BCUT2D eigenvalue weighted by atomic mass is 16.6. The van der Waals surface area contributed by atoms with Gasteiger partial charge in [-0.15, -0.1) is 0 Å². The van der Waals surface area contributed by atoms with Crippen LogP contribution < -0.4 is 14.9 Å². The van der Waals surface area contributed by atoms with Gasteiger partial charge in [-0.05, 0) is 50.0 Å². The number of para-hydroxylation sites is 1. The van der Waals surface area contributed by atoms with E-state index in [0.717, 1.165) is 47.1 Å². The summed E-state index contributed by atoms with van der Waals surface area (Å²) in [4.78, 5) is 4.29. The Hall–Kier alpha value is -2.53. The molecule has 2 aliphatic heterocycles. The fourth-order valence-corrected chi connectivity index (χ4v) is 4.68. The summed E-state index contributed by atoms with van der Waals surface area (Å²) in [5, 5.41) is 2.33. The SMILES string of the molecule is CCOc1cccc2c1OC1(CCC(C)CC1)N1NC(c3cccnc3)=CC21. The molecule has 0 bridgehead atoms. The number of nitrogens with zero attached hydrogens (tertiary/aromatic N) is 2. The summed E-state index contributed by atoms with van der Waals surface area (Å²) in [7, 11) is 0. The number of aromatic nitrogens is 1. The Kier molecular flexibility index (Phi) is 4.27. The normalized spacial score (nSPS) is 28.7. The summed E-state index contributed by atoms with van der Waals surface area (Å²) in [5.41, 5.74) is 6.66. The molecule has 2 aromatic rings. The zero-order chi connectivity index (χ0) is 19.1. The Labute approximate surface area is 166 Å². The van der Waals surface area contributed by atoms with E-state index in [0.29, 0.717) is 6.61 Å². The average molecular weight is 377 g/mol. The molecule has 3 heterocycles. The predicted molar refractivity (Wildman–Crippen MR) is 109 cm³/mol. The standard InChI is InChI=1S/C23H27N3O2/c1-3-27-21-8-4-7-18-20-14-19(17-6-5-13-24-15-17)25-26(20)23(28-22(18)21)11-9-16(2)10-12-23/h4-8,13-16,20,25H,3,9-12H2,1-2H3. The van der Waals surface area contributed by atoms with Crippen LogP contribution in [0.5, 0.6) is 11.5 Å². The first-order chi connectivity index (χ1) is 13.7. The van der Waals surface area contributed by atoms with Crippen LogP contribution in [-0.4, -0.2) is 22.3 Å². The van der Waals surface area contributed by atoms with Gasteiger partial charge >= 0.3 is 0 Å². The van der Waals surface area contributed by atoms with Crippen molar-refractivity contribution < 1.29 is 9.47 Å². The molecule has 0 amide bonds. The van der Waals surface area contributed by atoms with Crippen LogP contribution in [0.3, 0.4) is 0 Å². The molecule has 146 valence electrons. The van der Waals surface area contributed by atoms with Crippen LogP contribution in [0.1, 0.15) is 56.7 Å². The molecular formula is C23H27N3O2. The Balaban J connectivity index is 1.60. The zero-order valence-corrected chi connectivity index (χ0v) is 16.5. The second-order valence-corrected chi connectivity index (χ2v) is 8.09. The van der Waals surface area contributed by atoms with Crippen LogP contribution in [0.25, 0.3) is 5.70 Å². The van der Waals surface area contributed by atoms with Crippen LogP contribution in [0, 0.1) is 5.92 Å². The van der Waals surface area contributed by atoms with Gasteiger partial charge in [0.15, 0.2) is 17.2 Å². The molecule has 1 spiro atoms. The monoisotopic (exact) mass is 377 g/mol. The van der Waals surface area contributed by atoms with Crippen LogP contribution in [0.2, 0.25) is 0 Å². The lowest BCUT2D eigenvalue weighted by Gasteiger charge is -2.51. The number of hydrogen-bond donors (Lipinski definition) is 1. The lowest BCUT2D eigenvalue weighted by Crippen LogP contribution is -2.60. The van der Waals surface area contributed by atoms with E-state index in [2.05, 4.69) is 46.6 Å². The van der Waals surface area contributed by atoms with E-state index in [1.54, 1.807) is 0 Å². The Morgan fingerprint density at radius 2 is 2.11 bits per heavy atom. The molecule has 1 aromatic carbocycles. The Morgan fingerprint density at radius 3 is 2.86 bits per heavy atom. The van der Waals surface area contributed by atoms with Gasteiger partial charge in [0, 0.05) is 36.4 Å². The highest BCUT2D eigenvalue weighted by molar-refractivity contribution is 5.67. The maximum Gasteiger partial charge on any atom is 0.180 e. The molecule has 28 heavy (non-hydrogen) atoms. The van der Waals surface area contributed by atoms with Crippen LogP contribution in [0.4, 0.5) is 0 Å². The predicted octanol–water partition coefficient (Wildman–Crippen LogP) is 4.68. The fraction of sp³-hybridized carbons (Fsp3) is 0.435. The molecule has 5 rings (SSSR count). The summed E-state index contributed by atoms with van der Waals surface area (Å²) in [6.07, 6.45) is 10.4. The Morgan fingerprint density at radius 1 is 1.25 bits per heavy atom. The van der Waals surface area contributed by atoms with E-state index in [-0.39, 0.29) is 11.8 Å². The molecule has 1 unspecified atom stereocenters. The highest BCUT2D eigenvalue weighted by Gasteiger charge is 2.52. The molecule has 5 nitrogen and oxygen atoms in total. The summed E-state index contributed by atoms with van der Waals surface area (Å²) in [6.45, 7) is 4.99. The van der Waals surface area contributed by atoms with Crippen molar-refractivity contribution in [2.45, 2.75) is 51.3 Å². The van der Waals surface area contributed by atoms with Gasteiger partial charge < -0.3 is 14.9 Å². The van der Waals surface area contributed by atoms with Gasteiger partial charge in [-0.2, -0.15) is 5.01 Å². The topological polar surface area (TPSA) is 46.6 Å². The number of hydrogen-bond acceptors (Lipinski definition) is 5. The van der Waals surface area contributed by atoms with Crippen LogP contribution in [-0.2, 0) is 0 Å². The smallest absolute Gasteiger partial charge is 0.180 e. The van der Waals surface area contributed by atoms with E-state index >= 15 is 0 Å². The number of hydrazine groups is 1. The molecule has 1 N–H and O–H groups in total. The van der Waals surface area contributed by atoms with Gasteiger partial charge in [0.25, 0.3) is 0 Å². The lowest BCUT2D eigenvalue weighted by atomic mass is 9.82. The lowest BCUT2D eigenvalue weighted by molar-refractivity contribution is -0.156. The van der Waals surface area contributed by atoms with Gasteiger partial charge in [0.2, 0.25) is 0 Å². The van der Waals surface area contributed by atoms with Gasteiger partial charge in [-0.1, -0.05) is 19.1 Å². The third-order valence-corrected chi connectivity index (χ3v) is 6.23. The summed E-state index contributed by atoms with van der Waals surface area (Å²) >= 11 is 0. The Bertz CT molecular complexity index is 888. The molecule has 1 saturated carbocycles. The summed E-state index contributed by atoms with van der Waals surface area (Å²) in [5.74, 6) is 2.50. The molecule has 0 radical (unpaired) electrons. The van der Waals surface area contributed by atoms with Gasteiger partial charge in [-0.3, -0.25) is 4.98 Å². The molecule has 1 aliphatic carbocycles. The van der Waals surface area contributed by atoms with E-state index in [9.17, 15) is 0 Å². The minimum atomic E-state index is -0.349. The number of pyridine rings is 1. The number of rotatable bonds is 3. The van der Waals surface area contributed by atoms with Crippen LogP contribution >= 0.6 is 0 Å². The van der Waals surface area contributed by atoms with Crippen molar-refractivity contribution in [3.63, 3.8) is 0 Å². The molecule has 5 heteroatoms. The second kappa shape index (κ2) is 6.82. The first kappa shape index (κ1) is 17.6. The molecule has 1 atom stereocenters. The molecule has 0 saturated heterocycles. The van der Waals surface area contributed by atoms with E-state index in [1.807, 2.05) is 31.5 Å². The highest BCUT2D eigenvalue weighted by Crippen LogP contribution is 2.53. The summed E-state index contributed by atoms with van der Waals surface area (Å²) in [6, 6.07) is 10.4. The number of fused-ring (bicyclic) bond motifs is 4. The van der Waals surface area contributed by atoms with E-state index in [4.69, 9.17) is 9.47 Å². The van der Waals surface area contributed by atoms with Crippen molar-refractivity contribution in [2.75, 3.05) is 6.61 Å². The molecule has 1 fully saturated rings. The van der Waals surface area contributed by atoms with Crippen molar-refractivity contribution >= 4 is 5.70 Å². The van der Waals surface area contributed by atoms with Crippen molar-refractivity contribution in [3.8, 4) is 11.5 Å². The maximum absolute atomic E-state index is 6.78. The second-order valence-electron chi connectivity index (χ2n) is 8.09.